The highest BCUT2D eigenvalue weighted by atomic mass is 19.2. The van der Waals surface area contributed by atoms with Gasteiger partial charge in [0.25, 0.3) is 0 Å². The number of aliphatic carboxylic acids is 1. The number of carbonyl (C=O) groups excluding carboxylic acids is 1. The maximum Gasteiger partial charge on any atom is 0.309 e. The predicted molar refractivity (Wildman–Crippen MR) is 133 cm³/mol. The van der Waals surface area contributed by atoms with Crippen molar-refractivity contribution >= 4 is 11.9 Å². The molecular weight excluding hydrogens is 476 g/mol. The van der Waals surface area contributed by atoms with E-state index >= 15 is 0 Å². The largest absolute Gasteiger partial charge is 0.481 e. The van der Waals surface area contributed by atoms with Gasteiger partial charge >= 0.3 is 11.9 Å². The summed E-state index contributed by atoms with van der Waals surface area (Å²) in [4.78, 5) is 21.9. The van der Waals surface area contributed by atoms with Crippen LogP contribution in [-0.4, -0.2) is 23.7 Å². The van der Waals surface area contributed by atoms with E-state index < -0.39 is 35.2 Å². The van der Waals surface area contributed by atoms with Gasteiger partial charge in [-0.2, -0.15) is 0 Å². The summed E-state index contributed by atoms with van der Waals surface area (Å²) < 4.78 is 55.8. The van der Waals surface area contributed by atoms with E-state index in [1.807, 2.05) is 41.5 Å². The van der Waals surface area contributed by atoms with Crippen LogP contribution < -0.4 is 0 Å². The highest BCUT2D eigenvalue weighted by Gasteiger charge is 2.45. The van der Waals surface area contributed by atoms with Crippen molar-refractivity contribution in [3.8, 4) is 0 Å². The molecule has 1 N–H and O–H groups in total. The Morgan fingerprint density at radius 2 is 1.14 bits per heavy atom. The van der Waals surface area contributed by atoms with Gasteiger partial charge in [0.15, 0.2) is 23.3 Å². The van der Waals surface area contributed by atoms with E-state index in [1.165, 1.54) is 12.1 Å². The van der Waals surface area contributed by atoms with Gasteiger partial charge in [-0.1, -0.05) is 53.7 Å². The quantitative estimate of drug-likeness (QED) is 0.326. The fourth-order valence-corrected chi connectivity index (χ4v) is 3.40. The number of carboxylic acids is 1. The van der Waals surface area contributed by atoms with Crippen molar-refractivity contribution in [2.45, 2.75) is 73.1 Å². The maximum atomic E-state index is 13.0. The number of halogens is 4. The van der Waals surface area contributed by atoms with Crippen LogP contribution in [0.25, 0.3) is 0 Å². The minimum atomic E-state index is -0.918. The number of hydrogen-bond donors (Lipinski definition) is 1. The Morgan fingerprint density at radius 3 is 1.47 bits per heavy atom. The lowest BCUT2D eigenvalue weighted by Gasteiger charge is -2.02. The molecule has 202 valence electrons. The van der Waals surface area contributed by atoms with E-state index in [-0.39, 0.29) is 23.7 Å². The number of ether oxygens (including phenoxy) is 1. The molecule has 0 bridgehead atoms. The third-order valence-electron chi connectivity index (χ3n) is 5.23. The molecule has 2 fully saturated rings. The van der Waals surface area contributed by atoms with Crippen molar-refractivity contribution < 1.29 is 37.0 Å². The first kappa shape index (κ1) is 33.1. The Balaban J connectivity index is 0.000000567. The second kappa shape index (κ2) is 16.7. The first-order valence-electron chi connectivity index (χ1n) is 12.5. The molecule has 8 heteroatoms. The molecule has 0 heterocycles. The molecule has 0 amide bonds. The highest BCUT2D eigenvalue weighted by molar-refractivity contribution is 5.77. The van der Waals surface area contributed by atoms with Gasteiger partial charge in [0.05, 0.1) is 18.4 Å². The molecular formula is C28H38F4O4. The van der Waals surface area contributed by atoms with Crippen LogP contribution in [0, 0.1) is 35.1 Å². The van der Waals surface area contributed by atoms with Gasteiger partial charge in [-0.15, -0.1) is 0 Å². The lowest BCUT2D eigenvalue weighted by atomic mass is 10.1. The van der Waals surface area contributed by atoms with E-state index in [1.54, 1.807) is 6.92 Å². The summed E-state index contributed by atoms with van der Waals surface area (Å²) in [5, 5.41) is 8.64. The fraction of sp³-hybridized carbons (Fsp3) is 0.500. The predicted octanol–water partition coefficient (Wildman–Crippen LogP) is 7.86. The molecule has 2 aliphatic rings. The van der Waals surface area contributed by atoms with Crippen LogP contribution in [0.2, 0.25) is 0 Å². The Hall–Kier alpha value is -2.90. The third kappa shape index (κ3) is 9.63. The molecule has 2 saturated carbocycles. The Bertz CT molecular complexity index is 965. The Morgan fingerprint density at radius 1 is 0.750 bits per heavy atom. The molecule has 0 aromatic heterocycles. The van der Waals surface area contributed by atoms with Crippen molar-refractivity contribution in [3.05, 3.63) is 70.8 Å². The smallest absolute Gasteiger partial charge is 0.309 e. The van der Waals surface area contributed by atoms with Crippen LogP contribution >= 0.6 is 0 Å². The van der Waals surface area contributed by atoms with Gasteiger partial charge in [-0.3, -0.25) is 9.59 Å². The molecule has 0 spiro atoms. The number of esters is 1. The van der Waals surface area contributed by atoms with Gasteiger partial charge in [0.2, 0.25) is 0 Å². The average Bonchev–Trinajstić information content (AvgIpc) is 3.81. The van der Waals surface area contributed by atoms with Gasteiger partial charge in [-0.05, 0) is 67.0 Å². The molecule has 2 aromatic carbocycles. The zero-order valence-corrected chi connectivity index (χ0v) is 22.1. The molecule has 0 radical (unpaired) electrons. The van der Waals surface area contributed by atoms with E-state index in [0.717, 1.165) is 24.3 Å². The molecule has 4 nitrogen and oxygen atoms in total. The van der Waals surface area contributed by atoms with E-state index in [9.17, 15) is 27.2 Å². The lowest BCUT2D eigenvalue weighted by molar-refractivity contribution is -0.144. The van der Waals surface area contributed by atoms with Crippen LogP contribution in [0.1, 0.15) is 84.3 Å². The summed E-state index contributed by atoms with van der Waals surface area (Å²) in [6.45, 7) is 14.1. The van der Waals surface area contributed by atoms with Crippen LogP contribution in [0.4, 0.5) is 17.6 Å². The van der Waals surface area contributed by atoms with Crippen molar-refractivity contribution in [3.63, 3.8) is 0 Å². The van der Waals surface area contributed by atoms with Gasteiger partial charge in [0, 0.05) is 0 Å². The monoisotopic (exact) mass is 514 g/mol. The Kier molecular flexibility index (Phi) is 15.4. The second-order valence-corrected chi connectivity index (χ2v) is 7.33. The summed E-state index contributed by atoms with van der Waals surface area (Å²) in [5.41, 5.74) is 1.23. The minimum absolute atomic E-state index is 0.0193. The highest BCUT2D eigenvalue weighted by Crippen LogP contribution is 2.48. The topological polar surface area (TPSA) is 63.6 Å². The van der Waals surface area contributed by atoms with Crippen molar-refractivity contribution in [2.24, 2.45) is 11.8 Å². The van der Waals surface area contributed by atoms with Crippen molar-refractivity contribution in [1.82, 2.24) is 0 Å². The zero-order chi connectivity index (χ0) is 28.0. The number of carboxylic acid groups (broad SMARTS) is 1. The van der Waals surface area contributed by atoms with E-state index in [0.29, 0.717) is 30.6 Å². The van der Waals surface area contributed by atoms with Gasteiger partial charge in [0.1, 0.15) is 0 Å². The molecule has 36 heavy (non-hydrogen) atoms. The van der Waals surface area contributed by atoms with Crippen LogP contribution in [0.3, 0.4) is 0 Å². The number of carbonyl (C=O) groups is 2. The summed E-state index contributed by atoms with van der Waals surface area (Å²) in [7, 11) is 0. The second-order valence-electron chi connectivity index (χ2n) is 7.33. The summed E-state index contributed by atoms with van der Waals surface area (Å²) in [6, 6.07) is 7.30. The number of hydrogen-bond acceptors (Lipinski definition) is 3. The van der Waals surface area contributed by atoms with Crippen molar-refractivity contribution in [1.29, 1.82) is 0 Å². The number of rotatable bonds is 5. The third-order valence-corrected chi connectivity index (χ3v) is 5.23. The number of benzene rings is 2. The first-order chi connectivity index (χ1) is 17.2. The average molecular weight is 515 g/mol. The molecule has 0 aliphatic heterocycles. The normalized spacial score (nSPS) is 20.3. The molecule has 0 saturated heterocycles. The molecule has 2 aromatic rings. The van der Waals surface area contributed by atoms with Gasteiger partial charge < -0.3 is 9.84 Å². The summed E-state index contributed by atoms with van der Waals surface area (Å²) in [6.07, 6.45) is 1.17. The minimum Gasteiger partial charge on any atom is -0.481 e. The molecule has 4 atom stereocenters. The van der Waals surface area contributed by atoms with E-state index in [4.69, 9.17) is 9.84 Å². The van der Waals surface area contributed by atoms with Crippen LogP contribution in [0.5, 0.6) is 0 Å². The zero-order valence-electron chi connectivity index (χ0n) is 22.1. The standard InChI is InChI=1S/C12H12F2O2.C10H8F2O2.3C2H6/c1-2-16-12(15)9-6-8(9)7-3-4-10(13)11(14)5-7;11-8-2-1-5(3-9(8)12)6-4-7(6)10(13)14;3*1-2/h3-5,8-9H,2,6H2,1H3;1-3,6-7H,4H2,(H,13,14);3*1-2H3/t8-,9+;6-,7+;;;/m00.../s1. The molecule has 2 aliphatic carbocycles. The summed E-state index contributed by atoms with van der Waals surface area (Å²) in [5.74, 6) is -5.47. The van der Waals surface area contributed by atoms with Gasteiger partial charge in [-0.25, -0.2) is 17.6 Å². The summed E-state index contributed by atoms with van der Waals surface area (Å²) >= 11 is 0. The van der Waals surface area contributed by atoms with Crippen molar-refractivity contribution in [2.75, 3.05) is 6.61 Å². The fourth-order valence-electron chi connectivity index (χ4n) is 3.40. The SMILES string of the molecule is CC.CC.CC.CCOC(=O)[C@@H]1C[C@H]1c1ccc(F)c(F)c1.O=C(O)[C@@H]1C[C@H]1c1ccc(F)c(F)c1. The van der Waals surface area contributed by atoms with E-state index in [2.05, 4.69) is 0 Å². The Labute approximate surface area is 211 Å². The van der Waals surface area contributed by atoms with Crippen LogP contribution in [-0.2, 0) is 14.3 Å². The maximum absolute atomic E-state index is 13.0. The molecule has 4 rings (SSSR count). The van der Waals surface area contributed by atoms with Crippen LogP contribution in [0.15, 0.2) is 36.4 Å². The first-order valence-corrected chi connectivity index (χ1v) is 12.5. The lowest BCUT2D eigenvalue weighted by Crippen LogP contribution is -2.07. The molecule has 0 unspecified atom stereocenters.